The lowest BCUT2D eigenvalue weighted by molar-refractivity contribution is -0.206. The largest absolute Gasteiger partial charge is 0.360 e. The van der Waals surface area contributed by atoms with Gasteiger partial charge < -0.3 is 4.52 Å². The fourth-order valence-electron chi connectivity index (χ4n) is 3.30. The van der Waals surface area contributed by atoms with Crippen LogP contribution in [0.3, 0.4) is 0 Å². The highest BCUT2D eigenvalue weighted by Gasteiger charge is 2.48. The van der Waals surface area contributed by atoms with Crippen LogP contribution < -0.4 is 0 Å². The van der Waals surface area contributed by atoms with Crippen molar-refractivity contribution in [3.05, 3.63) is 11.5 Å². The number of hydrogen-bond acceptors (Lipinski definition) is 6. The van der Waals surface area contributed by atoms with Gasteiger partial charge in [0.05, 0.1) is 6.42 Å². The fraction of sp³-hybridized carbons (Fsp3) is 0.714. The van der Waals surface area contributed by atoms with Crippen molar-refractivity contribution in [3.63, 3.8) is 0 Å². The molecule has 23 heavy (non-hydrogen) atoms. The molecule has 128 valence electrons. The third kappa shape index (κ3) is 2.66. The number of carbonyl (C=O) groups excluding carboxylic acids is 1. The Bertz CT molecular complexity index is 699. The number of hydroxylamine groups is 2. The second-order valence-electron chi connectivity index (χ2n) is 6.10. The lowest BCUT2D eigenvalue weighted by atomic mass is 9.89. The number of sulfonamides is 1. The average molecular weight is 343 g/mol. The molecule has 2 saturated heterocycles. The lowest BCUT2D eigenvalue weighted by Gasteiger charge is -2.36. The van der Waals surface area contributed by atoms with E-state index in [-0.39, 0.29) is 10.8 Å². The molecule has 0 unspecified atom stereocenters. The van der Waals surface area contributed by atoms with Gasteiger partial charge in [-0.25, -0.2) is 13.5 Å². The van der Waals surface area contributed by atoms with Crippen LogP contribution >= 0.6 is 0 Å². The van der Waals surface area contributed by atoms with Crippen LogP contribution in [0.15, 0.2) is 9.42 Å². The fourth-order valence-corrected chi connectivity index (χ4v) is 5.03. The van der Waals surface area contributed by atoms with E-state index in [9.17, 15) is 13.2 Å². The van der Waals surface area contributed by atoms with Crippen molar-refractivity contribution in [2.45, 2.75) is 50.5 Å². The molecule has 0 N–H and O–H groups in total. The van der Waals surface area contributed by atoms with E-state index in [2.05, 4.69) is 5.16 Å². The average Bonchev–Trinajstić information content (AvgIpc) is 2.99. The molecule has 0 radical (unpaired) electrons. The highest BCUT2D eigenvalue weighted by atomic mass is 32.2. The van der Waals surface area contributed by atoms with Crippen LogP contribution in [-0.2, 0) is 19.7 Å². The number of nitrogens with zero attached hydrogens (tertiary/aromatic N) is 3. The quantitative estimate of drug-likeness (QED) is 0.813. The third-order valence-electron chi connectivity index (χ3n) is 4.54. The summed E-state index contributed by atoms with van der Waals surface area (Å²) in [6.45, 7) is 6.20. The standard InChI is InChI=1S/C14H21N3O5S/c1-4-17-12(18)9-14(22-17)5-7-16(8-6-14)23(19,20)13-10(2)15-21-11(13)3/h4-9H2,1-3H3. The summed E-state index contributed by atoms with van der Waals surface area (Å²) in [4.78, 5) is 17.8. The van der Waals surface area contributed by atoms with Crippen molar-refractivity contribution < 1.29 is 22.6 Å². The van der Waals surface area contributed by atoms with E-state index in [0.29, 0.717) is 50.4 Å². The summed E-state index contributed by atoms with van der Waals surface area (Å²) >= 11 is 0. The Balaban J connectivity index is 1.76. The summed E-state index contributed by atoms with van der Waals surface area (Å²) in [6.07, 6.45) is 1.32. The third-order valence-corrected chi connectivity index (χ3v) is 6.69. The van der Waals surface area contributed by atoms with Gasteiger partial charge in [0.2, 0.25) is 15.9 Å². The van der Waals surface area contributed by atoms with Gasteiger partial charge in [0, 0.05) is 19.6 Å². The van der Waals surface area contributed by atoms with Gasteiger partial charge in [-0.1, -0.05) is 5.16 Å². The molecule has 3 rings (SSSR count). The van der Waals surface area contributed by atoms with Gasteiger partial charge in [-0.3, -0.25) is 9.63 Å². The molecule has 1 aromatic heterocycles. The molecule has 2 aliphatic rings. The van der Waals surface area contributed by atoms with Crippen molar-refractivity contribution in [1.29, 1.82) is 0 Å². The first-order valence-electron chi connectivity index (χ1n) is 7.71. The van der Waals surface area contributed by atoms with Crippen LogP contribution in [0.25, 0.3) is 0 Å². The molecule has 1 amide bonds. The topological polar surface area (TPSA) is 92.9 Å². The van der Waals surface area contributed by atoms with Crippen LogP contribution in [0.2, 0.25) is 0 Å². The molecule has 9 heteroatoms. The Morgan fingerprint density at radius 1 is 1.26 bits per heavy atom. The molecule has 3 heterocycles. The van der Waals surface area contributed by atoms with Crippen molar-refractivity contribution in [2.75, 3.05) is 19.6 Å². The molecule has 2 aliphatic heterocycles. The van der Waals surface area contributed by atoms with Gasteiger partial charge in [-0.15, -0.1) is 0 Å². The Kier molecular flexibility index (Phi) is 3.97. The van der Waals surface area contributed by atoms with Gasteiger partial charge in [0.1, 0.15) is 16.2 Å². The van der Waals surface area contributed by atoms with Crippen LogP contribution in [0.1, 0.15) is 37.6 Å². The zero-order valence-corrected chi connectivity index (χ0v) is 14.4. The summed E-state index contributed by atoms with van der Waals surface area (Å²) in [6, 6.07) is 0. The van der Waals surface area contributed by atoms with E-state index in [0.717, 1.165) is 0 Å². The maximum Gasteiger partial charge on any atom is 0.249 e. The summed E-state index contributed by atoms with van der Waals surface area (Å²) in [7, 11) is -3.64. The van der Waals surface area contributed by atoms with Gasteiger partial charge in [-0.2, -0.15) is 4.31 Å². The Hall–Kier alpha value is -1.45. The molecule has 1 aromatic rings. The minimum absolute atomic E-state index is 0.0328. The summed E-state index contributed by atoms with van der Waals surface area (Å²) < 4.78 is 32.0. The van der Waals surface area contributed by atoms with Crippen LogP contribution in [0.5, 0.6) is 0 Å². The molecular formula is C14H21N3O5S. The molecule has 0 bridgehead atoms. The lowest BCUT2D eigenvalue weighted by Crippen LogP contribution is -2.47. The second kappa shape index (κ2) is 5.57. The normalized spacial score (nSPS) is 22.2. The number of rotatable bonds is 3. The molecule has 2 fully saturated rings. The molecular weight excluding hydrogens is 322 g/mol. The van der Waals surface area contributed by atoms with Gasteiger partial charge in [0.15, 0.2) is 5.76 Å². The summed E-state index contributed by atoms with van der Waals surface area (Å²) in [5.74, 6) is 0.266. The van der Waals surface area contributed by atoms with E-state index in [1.807, 2.05) is 6.92 Å². The first-order chi connectivity index (χ1) is 10.8. The van der Waals surface area contributed by atoms with Crippen LogP contribution in [0, 0.1) is 13.8 Å². The number of hydrogen-bond donors (Lipinski definition) is 0. The van der Waals surface area contributed by atoms with E-state index < -0.39 is 15.6 Å². The highest BCUT2D eigenvalue weighted by molar-refractivity contribution is 7.89. The first kappa shape index (κ1) is 16.4. The van der Waals surface area contributed by atoms with Crippen molar-refractivity contribution >= 4 is 15.9 Å². The van der Waals surface area contributed by atoms with Gasteiger partial charge in [0.25, 0.3) is 0 Å². The van der Waals surface area contributed by atoms with E-state index in [4.69, 9.17) is 9.36 Å². The highest BCUT2D eigenvalue weighted by Crippen LogP contribution is 2.38. The van der Waals surface area contributed by atoms with E-state index in [1.165, 1.54) is 9.37 Å². The van der Waals surface area contributed by atoms with Crippen molar-refractivity contribution in [2.24, 2.45) is 0 Å². The minimum Gasteiger partial charge on any atom is -0.360 e. The Labute approximate surface area is 135 Å². The maximum atomic E-state index is 12.8. The molecule has 1 spiro atoms. The van der Waals surface area contributed by atoms with Crippen LogP contribution in [0.4, 0.5) is 0 Å². The summed E-state index contributed by atoms with van der Waals surface area (Å²) in [5, 5.41) is 5.10. The Morgan fingerprint density at radius 3 is 2.39 bits per heavy atom. The number of carbonyl (C=O) groups is 1. The van der Waals surface area contributed by atoms with E-state index in [1.54, 1.807) is 13.8 Å². The second-order valence-corrected chi connectivity index (χ2v) is 7.97. The van der Waals surface area contributed by atoms with Crippen LogP contribution in [-0.4, -0.2) is 54.1 Å². The Morgan fingerprint density at radius 2 is 1.91 bits per heavy atom. The smallest absolute Gasteiger partial charge is 0.249 e. The molecule has 0 aromatic carbocycles. The van der Waals surface area contributed by atoms with Gasteiger partial charge >= 0.3 is 0 Å². The number of piperidine rings is 1. The number of aryl methyl sites for hydroxylation is 2. The predicted octanol–water partition coefficient (Wildman–Crippen LogP) is 0.999. The number of amides is 1. The number of aromatic nitrogens is 1. The minimum atomic E-state index is -3.64. The SMILES string of the molecule is CCN1OC2(CCN(S(=O)(=O)c3c(C)noc3C)CC2)CC1=O. The van der Waals surface area contributed by atoms with Crippen molar-refractivity contribution in [1.82, 2.24) is 14.5 Å². The zero-order valence-electron chi connectivity index (χ0n) is 13.5. The molecule has 8 nitrogen and oxygen atoms in total. The van der Waals surface area contributed by atoms with Crippen molar-refractivity contribution in [3.8, 4) is 0 Å². The zero-order chi connectivity index (χ0) is 16.8. The monoisotopic (exact) mass is 343 g/mol. The predicted molar refractivity (Wildman–Crippen MR) is 79.8 cm³/mol. The maximum absolute atomic E-state index is 12.8. The first-order valence-corrected chi connectivity index (χ1v) is 9.15. The molecule has 0 atom stereocenters. The van der Waals surface area contributed by atoms with E-state index >= 15 is 0 Å². The molecule has 0 saturated carbocycles. The van der Waals surface area contributed by atoms with Gasteiger partial charge in [-0.05, 0) is 33.6 Å². The molecule has 0 aliphatic carbocycles. The summed E-state index contributed by atoms with van der Waals surface area (Å²) in [5.41, 5.74) is -0.190.